The van der Waals surface area contributed by atoms with Crippen molar-refractivity contribution in [2.24, 2.45) is 0 Å². The molecule has 0 saturated carbocycles. The van der Waals surface area contributed by atoms with Crippen LogP contribution in [0.4, 0.5) is 15.4 Å². The minimum atomic E-state index is -4.26. The maximum Gasteiger partial charge on any atom is 0.510 e. The second-order valence-corrected chi connectivity index (χ2v) is 13.0. The molecule has 0 spiro atoms. The molecule has 2 aromatic rings. The minimum absolute atomic E-state index is 0.0129. The van der Waals surface area contributed by atoms with Gasteiger partial charge in [-0.05, 0) is 45.7 Å². The molecule has 2 aromatic heterocycles. The summed E-state index contributed by atoms with van der Waals surface area (Å²) in [6, 6.07) is 0.0129. The van der Waals surface area contributed by atoms with E-state index in [4.69, 9.17) is 53.8 Å². The van der Waals surface area contributed by atoms with Gasteiger partial charge in [-0.3, -0.25) is 13.6 Å². The number of ether oxygens (including phenoxy) is 7. The molecular weight excluding hydrogens is 661 g/mol. The molecule has 3 N–H and O–H groups in total. The number of anilines is 1. The normalized spacial score (nSPS) is 23.3. The fraction of sp³-hybridized carbons (Fsp3) is 0.720. The van der Waals surface area contributed by atoms with Crippen molar-refractivity contribution in [3.05, 3.63) is 11.5 Å². The van der Waals surface area contributed by atoms with Crippen LogP contribution in [0.2, 0.25) is 5.28 Å². The van der Waals surface area contributed by atoms with Crippen LogP contribution in [-0.2, 0) is 46.8 Å². The van der Waals surface area contributed by atoms with Gasteiger partial charge in [0.1, 0.15) is 30.5 Å². The van der Waals surface area contributed by atoms with Crippen molar-refractivity contribution in [3.8, 4) is 0 Å². The molecule has 0 radical (unpaired) electrons. The highest BCUT2D eigenvalue weighted by Gasteiger charge is 2.45. The summed E-state index contributed by atoms with van der Waals surface area (Å²) in [7, 11) is -4.26. The van der Waals surface area contributed by atoms with Gasteiger partial charge in [0.05, 0.1) is 43.0 Å². The molecule has 2 aliphatic heterocycles. The Kier molecular flexibility index (Phi) is 12.7. The number of carbonyl (C=O) groups is 2. The third kappa shape index (κ3) is 9.82. The maximum atomic E-state index is 13.3. The zero-order valence-corrected chi connectivity index (χ0v) is 27.1. The second kappa shape index (κ2) is 16.3. The van der Waals surface area contributed by atoms with E-state index in [9.17, 15) is 24.4 Å². The van der Waals surface area contributed by atoms with Gasteiger partial charge in [0.2, 0.25) is 18.9 Å². The topological polar surface area (TPSA) is 230 Å². The molecule has 5 atom stereocenters. The molecule has 2 fully saturated rings. The number of fused-ring (bicyclic) bond motifs is 1. The van der Waals surface area contributed by atoms with E-state index < -0.39 is 83.2 Å². The molecule has 258 valence electrons. The first-order valence-electron chi connectivity index (χ1n) is 14.2. The Morgan fingerprint density at radius 3 is 2.33 bits per heavy atom. The number of nitrogens with one attached hydrogen (secondary N) is 1. The van der Waals surface area contributed by atoms with Crippen molar-refractivity contribution < 1.29 is 66.6 Å². The predicted octanol–water partition coefficient (Wildman–Crippen LogP) is 2.54. The van der Waals surface area contributed by atoms with Gasteiger partial charge in [-0.15, -0.1) is 0 Å². The molecule has 1 unspecified atom stereocenters. The average molecular weight is 698 g/mol. The fourth-order valence-corrected chi connectivity index (χ4v) is 5.40. The van der Waals surface area contributed by atoms with Crippen molar-refractivity contribution >= 4 is 48.4 Å². The lowest BCUT2D eigenvalue weighted by molar-refractivity contribution is -0.0691. The number of hydrogen-bond donors (Lipinski definition) is 3. The van der Waals surface area contributed by atoms with E-state index in [0.29, 0.717) is 24.4 Å². The zero-order valence-electron chi connectivity index (χ0n) is 25.5. The summed E-state index contributed by atoms with van der Waals surface area (Å²) in [4.78, 5) is 31.8. The molecule has 21 heteroatoms. The van der Waals surface area contributed by atoms with Gasteiger partial charge in [-0.2, -0.15) is 15.1 Å². The van der Waals surface area contributed by atoms with E-state index in [0.717, 1.165) is 6.42 Å². The first kappa shape index (κ1) is 36.0. The van der Waals surface area contributed by atoms with Gasteiger partial charge in [-0.25, -0.2) is 14.3 Å². The number of aliphatic hydroxyl groups excluding tert-OH is 2. The van der Waals surface area contributed by atoms with Crippen LogP contribution in [0.1, 0.15) is 40.3 Å². The molecule has 0 aromatic carbocycles. The number of carbonyl (C=O) groups excluding carboxylic acids is 2. The van der Waals surface area contributed by atoms with E-state index >= 15 is 0 Å². The van der Waals surface area contributed by atoms with Crippen LogP contribution in [0.25, 0.3) is 11.0 Å². The van der Waals surface area contributed by atoms with E-state index in [-0.39, 0.29) is 17.0 Å². The molecule has 4 heterocycles. The molecular formula is C25H37ClN5O14P. The predicted molar refractivity (Wildman–Crippen MR) is 155 cm³/mol. The number of halogens is 1. The van der Waals surface area contributed by atoms with Gasteiger partial charge >= 0.3 is 19.9 Å². The van der Waals surface area contributed by atoms with E-state index in [1.165, 1.54) is 10.9 Å². The number of aliphatic hydroxyl groups is 2. The third-order valence-corrected chi connectivity index (χ3v) is 7.99. The summed E-state index contributed by atoms with van der Waals surface area (Å²) in [6.45, 7) is 5.36. The summed E-state index contributed by atoms with van der Waals surface area (Å²) in [6.07, 6.45) is -6.97. The first-order chi connectivity index (χ1) is 21.8. The van der Waals surface area contributed by atoms with Crippen LogP contribution in [0.5, 0.6) is 0 Å². The van der Waals surface area contributed by atoms with E-state index in [1.807, 2.05) is 0 Å². The van der Waals surface area contributed by atoms with Crippen LogP contribution in [0.3, 0.4) is 0 Å². The standard InChI is InChI=1S/C25H37ClN5O14P/c1-13(2)43-24(34)39-10-41-46(36,42-11-40-25(35)44-14(3)4)12-38-9-17-18(32)19(33)22(45-17)31-21-16(7-27-31)20(29-23(26)30-21)28-15-5-6-37-8-15/h7,13-15,17-19,22,32-33H,5-6,8-12H2,1-4H3,(H,28,29,30)/t15?,17-,18-,19-,22-/m1/s1. The quantitative estimate of drug-likeness (QED) is 0.105. The van der Waals surface area contributed by atoms with Crippen molar-refractivity contribution in [2.75, 3.05) is 45.1 Å². The highest BCUT2D eigenvalue weighted by molar-refractivity contribution is 7.53. The zero-order chi connectivity index (χ0) is 33.4. The lowest BCUT2D eigenvalue weighted by atomic mass is 10.1. The smallest absolute Gasteiger partial charge is 0.432 e. The Hall–Kier alpha value is -2.87. The Morgan fingerprint density at radius 2 is 1.74 bits per heavy atom. The van der Waals surface area contributed by atoms with Crippen LogP contribution in [0.15, 0.2) is 6.20 Å². The summed E-state index contributed by atoms with van der Waals surface area (Å²) in [5.74, 6) is 0.420. The summed E-state index contributed by atoms with van der Waals surface area (Å²) < 4.78 is 60.5. The number of rotatable bonds is 15. The third-order valence-electron chi connectivity index (χ3n) is 6.32. The van der Waals surface area contributed by atoms with Gasteiger partial charge in [0.15, 0.2) is 11.9 Å². The van der Waals surface area contributed by atoms with E-state index in [1.54, 1.807) is 27.7 Å². The Bertz CT molecular complexity index is 1340. The molecule has 0 bridgehead atoms. The Balaban J connectivity index is 1.38. The van der Waals surface area contributed by atoms with Crippen molar-refractivity contribution in [1.82, 2.24) is 19.7 Å². The molecule has 2 saturated heterocycles. The fourth-order valence-electron chi connectivity index (χ4n) is 4.26. The van der Waals surface area contributed by atoms with Crippen LogP contribution in [-0.4, -0.2) is 119 Å². The lowest BCUT2D eigenvalue weighted by Gasteiger charge is -2.20. The van der Waals surface area contributed by atoms with Crippen molar-refractivity contribution in [1.29, 1.82) is 0 Å². The lowest BCUT2D eigenvalue weighted by Crippen LogP contribution is -2.34. The monoisotopic (exact) mass is 697 g/mol. The average Bonchev–Trinajstić information content (AvgIpc) is 3.69. The summed E-state index contributed by atoms with van der Waals surface area (Å²) in [5, 5.41) is 29.5. The number of aromatic nitrogens is 4. The largest absolute Gasteiger partial charge is 0.510 e. The molecule has 0 amide bonds. The number of nitrogens with zero attached hydrogens (tertiary/aromatic N) is 4. The van der Waals surface area contributed by atoms with Gasteiger partial charge < -0.3 is 48.7 Å². The molecule has 2 aliphatic rings. The van der Waals surface area contributed by atoms with Crippen molar-refractivity contribution in [3.63, 3.8) is 0 Å². The first-order valence-corrected chi connectivity index (χ1v) is 16.3. The molecule has 19 nitrogen and oxygen atoms in total. The summed E-state index contributed by atoms with van der Waals surface area (Å²) >= 11 is 6.17. The Labute approximate surface area is 268 Å². The van der Waals surface area contributed by atoms with Gasteiger partial charge in [0, 0.05) is 6.61 Å². The highest BCUT2D eigenvalue weighted by atomic mass is 35.5. The van der Waals surface area contributed by atoms with Crippen molar-refractivity contribution in [2.45, 2.75) is 76.9 Å². The van der Waals surface area contributed by atoms with Gasteiger partial charge in [0.25, 0.3) is 0 Å². The van der Waals surface area contributed by atoms with Crippen LogP contribution in [0, 0.1) is 0 Å². The van der Waals surface area contributed by atoms with Gasteiger partial charge in [-0.1, -0.05) is 0 Å². The second-order valence-electron chi connectivity index (χ2n) is 10.6. The maximum absolute atomic E-state index is 13.3. The highest BCUT2D eigenvalue weighted by Crippen LogP contribution is 2.48. The SMILES string of the molecule is CC(C)OC(=O)OCOP(=O)(COC[C@H]1O[C@@H](n2ncc3c(NC4CCOC4)nc(Cl)nc32)[C@H](O)[C@@H]1O)OCOC(=O)OC(C)C. The Morgan fingerprint density at radius 1 is 1.09 bits per heavy atom. The summed E-state index contributed by atoms with van der Waals surface area (Å²) in [5.41, 5.74) is 0.234. The van der Waals surface area contributed by atoms with Crippen LogP contribution < -0.4 is 5.32 Å². The molecule has 0 aliphatic carbocycles. The number of hydrogen-bond acceptors (Lipinski definition) is 18. The van der Waals surface area contributed by atoms with E-state index in [2.05, 4.69) is 20.4 Å². The molecule has 46 heavy (non-hydrogen) atoms. The van der Waals surface area contributed by atoms with Crippen LogP contribution >= 0.6 is 19.2 Å². The molecule has 4 rings (SSSR count). The minimum Gasteiger partial charge on any atom is -0.432 e.